The topological polar surface area (TPSA) is 13.1 Å². The summed E-state index contributed by atoms with van der Waals surface area (Å²) in [5.74, 6) is -1.05. The van der Waals surface area contributed by atoms with Crippen LogP contribution in [0.1, 0.15) is 16.0 Å². The molecule has 0 amide bonds. The third-order valence-electron chi connectivity index (χ3n) is 3.29. The molecule has 3 rings (SSSR count). The van der Waals surface area contributed by atoms with Crippen molar-refractivity contribution in [3.05, 3.63) is 71.5 Å². The van der Waals surface area contributed by atoms with Crippen molar-refractivity contribution < 1.29 is 13.2 Å². The van der Waals surface area contributed by atoms with Gasteiger partial charge in [0, 0.05) is 21.3 Å². The van der Waals surface area contributed by atoms with Gasteiger partial charge < -0.3 is 4.42 Å². The first-order valence-corrected chi connectivity index (χ1v) is 7.11. The van der Waals surface area contributed by atoms with E-state index in [0.717, 1.165) is 16.5 Å². The van der Waals surface area contributed by atoms with Gasteiger partial charge in [-0.15, -0.1) is 0 Å². The third-order valence-corrected chi connectivity index (χ3v) is 4.11. The Labute approximate surface area is 123 Å². The number of hydrogen-bond donors (Lipinski definition) is 0. The van der Waals surface area contributed by atoms with E-state index in [2.05, 4.69) is 15.9 Å². The molecular formula is C16H11BrF2O. The van der Waals surface area contributed by atoms with E-state index < -0.39 is 11.6 Å². The standard InChI is InChI=1S/C16H11BrF2O/c17-13(8-11-14(18)5-3-6-15(11)19)12-9-20-16-7-2-1-4-10(12)16/h1-7,9,13H,8H2. The second-order valence-corrected chi connectivity index (χ2v) is 5.66. The Bertz CT molecular complexity index is 731. The molecule has 3 aromatic rings. The average molecular weight is 337 g/mol. The van der Waals surface area contributed by atoms with Gasteiger partial charge in [0.05, 0.1) is 6.26 Å². The first-order valence-electron chi connectivity index (χ1n) is 6.20. The van der Waals surface area contributed by atoms with E-state index in [0.29, 0.717) is 0 Å². The number of benzene rings is 2. The zero-order valence-corrected chi connectivity index (χ0v) is 12.0. The Morgan fingerprint density at radius 3 is 2.45 bits per heavy atom. The van der Waals surface area contributed by atoms with Gasteiger partial charge in [-0.3, -0.25) is 0 Å². The molecule has 0 saturated carbocycles. The maximum atomic E-state index is 13.7. The fourth-order valence-corrected chi connectivity index (χ4v) is 2.94. The highest BCUT2D eigenvalue weighted by molar-refractivity contribution is 9.09. The molecule has 1 nitrogen and oxygen atoms in total. The molecule has 1 aromatic heterocycles. The highest BCUT2D eigenvalue weighted by atomic mass is 79.9. The lowest BCUT2D eigenvalue weighted by Gasteiger charge is -2.10. The van der Waals surface area contributed by atoms with Crippen LogP contribution in [0.3, 0.4) is 0 Å². The molecule has 0 aliphatic rings. The highest BCUT2D eigenvalue weighted by Gasteiger charge is 2.18. The Morgan fingerprint density at radius 1 is 1.00 bits per heavy atom. The number of furan rings is 1. The van der Waals surface area contributed by atoms with Gasteiger partial charge in [0.1, 0.15) is 17.2 Å². The van der Waals surface area contributed by atoms with Gasteiger partial charge in [-0.25, -0.2) is 8.78 Å². The van der Waals surface area contributed by atoms with Crippen LogP contribution in [0.25, 0.3) is 11.0 Å². The summed E-state index contributed by atoms with van der Waals surface area (Å²) in [6.45, 7) is 0. The summed E-state index contributed by atoms with van der Waals surface area (Å²) >= 11 is 3.50. The molecule has 1 unspecified atom stereocenters. The van der Waals surface area contributed by atoms with Crippen molar-refractivity contribution in [3.63, 3.8) is 0 Å². The van der Waals surface area contributed by atoms with Gasteiger partial charge >= 0.3 is 0 Å². The lowest BCUT2D eigenvalue weighted by Crippen LogP contribution is -2.00. The monoisotopic (exact) mass is 336 g/mol. The molecule has 0 saturated heterocycles. The molecule has 4 heteroatoms. The second kappa shape index (κ2) is 5.37. The van der Waals surface area contributed by atoms with Gasteiger partial charge in [-0.1, -0.05) is 40.2 Å². The summed E-state index contributed by atoms with van der Waals surface area (Å²) in [5.41, 5.74) is 1.74. The second-order valence-electron chi connectivity index (χ2n) is 4.56. The molecular weight excluding hydrogens is 326 g/mol. The van der Waals surface area contributed by atoms with Crippen molar-refractivity contribution in [3.8, 4) is 0 Å². The number of rotatable bonds is 3. The predicted octanol–water partition coefficient (Wildman–Crippen LogP) is 5.39. The average Bonchev–Trinajstić information content (AvgIpc) is 2.87. The van der Waals surface area contributed by atoms with Crippen LogP contribution in [0, 0.1) is 11.6 Å². The molecule has 0 bridgehead atoms. The van der Waals surface area contributed by atoms with Crippen LogP contribution in [0.15, 0.2) is 53.1 Å². The molecule has 1 atom stereocenters. The van der Waals surface area contributed by atoms with Gasteiger partial charge in [0.25, 0.3) is 0 Å². The van der Waals surface area contributed by atoms with Gasteiger partial charge in [0.15, 0.2) is 0 Å². The van der Waals surface area contributed by atoms with Gasteiger partial charge in [-0.2, -0.15) is 0 Å². The van der Waals surface area contributed by atoms with Crippen molar-refractivity contribution in [1.82, 2.24) is 0 Å². The SMILES string of the molecule is Fc1cccc(F)c1CC(Br)c1coc2ccccc12. The molecule has 20 heavy (non-hydrogen) atoms. The molecule has 0 spiro atoms. The molecule has 2 aromatic carbocycles. The van der Waals surface area contributed by atoms with E-state index in [1.165, 1.54) is 18.2 Å². The molecule has 0 fully saturated rings. The van der Waals surface area contributed by atoms with Crippen LogP contribution in [0.2, 0.25) is 0 Å². The van der Waals surface area contributed by atoms with Crippen molar-refractivity contribution in [1.29, 1.82) is 0 Å². The highest BCUT2D eigenvalue weighted by Crippen LogP contribution is 2.34. The summed E-state index contributed by atoms with van der Waals surface area (Å²) in [7, 11) is 0. The summed E-state index contributed by atoms with van der Waals surface area (Å²) in [5, 5.41) is 0.950. The van der Waals surface area contributed by atoms with E-state index in [1.807, 2.05) is 24.3 Å². The van der Waals surface area contributed by atoms with E-state index in [1.54, 1.807) is 6.26 Å². The minimum absolute atomic E-state index is 0.0830. The van der Waals surface area contributed by atoms with Gasteiger partial charge in [-0.05, 0) is 24.6 Å². The minimum atomic E-state index is -0.526. The van der Waals surface area contributed by atoms with Crippen LogP contribution >= 0.6 is 15.9 Å². The summed E-state index contributed by atoms with van der Waals surface area (Å²) in [4.78, 5) is -0.211. The largest absolute Gasteiger partial charge is 0.464 e. The zero-order chi connectivity index (χ0) is 14.1. The maximum Gasteiger partial charge on any atom is 0.134 e. The summed E-state index contributed by atoms with van der Waals surface area (Å²) in [6.07, 6.45) is 1.85. The fraction of sp³-hybridized carbons (Fsp3) is 0.125. The molecule has 102 valence electrons. The summed E-state index contributed by atoms with van der Waals surface area (Å²) < 4.78 is 32.8. The van der Waals surface area contributed by atoms with Crippen LogP contribution in [0.5, 0.6) is 0 Å². The molecule has 0 radical (unpaired) electrons. The smallest absolute Gasteiger partial charge is 0.134 e. The van der Waals surface area contributed by atoms with Crippen molar-refractivity contribution in [2.24, 2.45) is 0 Å². The molecule has 1 heterocycles. The quantitative estimate of drug-likeness (QED) is 0.584. The van der Waals surface area contributed by atoms with Crippen LogP contribution in [-0.2, 0) is 6.42 Å². The van der Waals surface area contributed by atoms with Crippen LogP contribution in [-0.4, -0.2) is 0 Å². The Morgan fingerprint density at radius 2 is 1.70 bits per heavy atom. The van der Waals surface area contributed by atoms with Crippen molar-refractivity contribution >= 4 is 26.9 Å². The predicted molar refractivity (Wildman–Crippen MR) is 77.9 cm³/mol. The van der Waals surface area contributed by atoms with Gasteiger partial charge in [0.2, 0.25) is 0 Å². The number of fused-ring (bicyclic) bond motifs is 1. The van der Waals surface area contributed by atoms with E-state index in [4.69, 9.17) is 4.42 Å². The first kappa shape index (κ1) is 13.3. The van der Waals surface area contributed by atoms with E-state index in [-0.39, 0.29) is 16.8 Å². The zero-order valence-electron chi connectivity index (χ0n) is 10.4. The number of halogens is 3. The Kier molecular flexibility index (Phi) is 3.57. The Hall–Kier alpha value is -1.68. The van der Waals surface area contributed by atoms with Crippen LogP contribution in [0.4, 0.5) is 8.78 Å². The van der Waals surface area contributed by atoms with Crippen molar-refractivity contribution in [2.45, 2.75) is 11.2 Å². The number of para-hydroxylation sites is 1. The Balaban J connectivity index is 1.95. The third kappa shape index (κ3) is 2.36. The van der Waals surface area contributed by atoms with Crippen LogP contribution < -0.4 is 0 Å². The lowest BCUT2D eigenvalue weighted by atomic mass is 10.0. The number of alkyl halides is 1. The van der Waals surface area contributed by atoms with E-state index >= 15 is 0 Å². The lowest BCUT2D eigenvalue weighted by molar-refractivity contribution is 0.553. The number of hydrogen-bond acceptors (Lipinski definition) is 1. The molecule has 0 aliphatic heterocycles. The molecule has 0 aliphatic carbocycles. The minimum Gasteiger partial charge on any atom is -0.464 e. The van der Waals surface area contributed by atoms with Crippen molar-refractivity contribution in [2.75, 3.05) is 0 Å². The fourth-order valence-electron chi connectivity index (χ4n) is 2.26. The molecule has 0 N–H and O–H groups in total. The normalized spacial score (nSPS) is 12.8. The van der Waals surface area contributed by atoms with E-state index in [9.17, 15) is 8.78 Å². The summed E-state index contributed by atoms with van der Waals surface area (Å²) in [6, 6.07) is 11.5. The maximum absolute atomic E-state index is 13.7. The first-order chi connectivity index (χ1) is 9.66.